The number of benzene rings is 1. The van der Waals surface area contributed by atoms with Crippen LogP contribution >= 0.6 is 0 Å². The molecule has 6 heteroatoms. The van der Waals surface area contributed by atoms with Gasteiger partial charge in [0.1, 0.15) is 5.82 Å². The number of hydrogen-bond acceptors (Lipinski definition) is 4. The molecule has 3 aliphatic heterocycles. The number of hydrogen-bond donors (Lipinski definition) is 1. The summed E-state index contributed by atoms with van der Waals surface area (Å²) in [6.07, 6.45) is 20.7. The summed E-state index contributed by atoms with van der Waals surface area (Å²) in [5.74, 6) is 3.13. The fourth-order valence-electron chi connectivity index (χ4n) is 9.99. The predicted octanol–water partition coefficient (Wildman–Crippen LogP) is 6.68. The van der Waals surface area contributed by atoms with Crippen LogP contribution in [0.3, 0.4) is 0 Å². The molecular weight excluding hydrogens is 496 g/mol. The van der Waals surface area contributed by atoms with E-state index in [9.17, 15) is 9.90 Å². The van der Waals surface area contributed by atoms with Crippen molar-refractivity contribution < 1.29 is 9.90 Å². The van der Waals surface area contributed by atoms with Gasteiger partial charge in [-0.2, -0.15) is 0 Å². The van der Waals surface area contributed by atoms with Gasteiger partial charge in [0.15, 0.2) is 0 Å². The Bertz CT molecular complexity index is 1150. The molecule has 4 bridgehead atoms. The number of carboxylic acids is 1. The van der Waals surface area contributed by atoms with Gasteiger partial charge in [-0.15, -0.1) is 0 Å². The van der Waals surface area contributed by atoms with E-state index >= 15 is 0 Å². The van der Waals surface area contributed by atoms with Crippen LogP contribution in [0.15, 0.2) is 24.3 Å². The van der Waals surface area contributed by atoms with Crippen LogP contribution in [-0.4, -0.2) is 68.2 Å². The summed E-state index contributed by atoms with van der Waals surface area (Å²) in [5.41, 5.74) is 2.48. The molecule has 0 amide bonds. The fraction of sp³-hybridized carbons (Fsp3) is 0.765. The molecule has 2 aromatic rings. The summed E-state index contributed by atoms with van der Waals surface area (Å²) < 4.78 is 2.69. The van der Waals surface area contributed by atoms with E-state index in [1.165, 1.54) is 94.8 Å². The molecule has 0 spiro atoms. The van der Waals surface area contributed by atoms with Crippen LogP contribution in [0.5, 0.6) is 0 Å². The first kappa shape index (κ1) is 26.9. The number of rotatable bonds is 7. The number of aliphatic carboxylic acids is 1. The average Bonchev–Trinajstić information content (AvgIpc) is 3.22. The van der Waals surface area contributed by atoms with Crippen molar-refractivity contribution in [1.82, 2.24) is 19.4 Å². The Balaban J connectivity index is 1.11. The van der Waals surface area contributed by atoms with Crippen LogP contribution in [0.4, 0.5) is 0 Å². The van der Waals surface area contributed by atoms with Crippen LogP contribution in [-0.2, 0) is 11.2 Å². The lowest BCUT2D eigenvalue weighted by molar-refractivity contribution is -0.137. The minimum atomic E-state index is -0.687. The molecular formula is C34H50N4O2. The number of fused-ring (bicyclic) bond motifs is 5. The van der Waals surface area contributed by atoms with Crippen LogP contribution in [0.2, 0.25) is 0 Å². The predicted molar refractivity (Wildman–Crippen MR) is 159 cm³/mol. The Morgan fingerprint density at radius 3 is 2.33 bits per heavy atom. The molecule has 40 heavy (non-hydrogen) atoms. The number of para-hydroxylation sites is 2. The molecule has 3 saturated heterocycles. The van der Waals surface area contributed by atoms with E-state index in [2.05, 4.69) is 38.6 Å². The van der Waals surface area contributed by atoms with Crippen molar-refractivity contribution >= 4 is 17.0 Å². The number of piperidine rings is 3. The van der Waals surface area contributed by atoms with E-state index in [1.54, 1.807) is 0 Å². The molecule has 5 aliphatic rings. The molecule has 6 nitrogen and oxygen atoms in total. The molecule has 4 heterocycles. The second-order valence-corrected chi connectivity index (χ2v) is 14.2. The second-order valence-electron chi connectivity index (χ2n) is 14.2. The monoisotopic (exact) mass is 546 g/mol. The van der Waals surface area contributed by atoms with Crippen molar-refractivity contribution in [2.75, 3.05) is 19.6 Å². The van der Waals surface area contributed by atoms with Crippen LogP contribution in [0.1, 0.15) is 108 Å². The normalized spacial score (nSPS) is 35.5. The van der Waals surface area contributed by atoms with Gasteiger partial charge in [0.25, 0.3) is 0 Å². The number of imidazole rings is 1. The third-order valence-electron chi connectivity index (χ3n) is 11.5. The smallest absolute Gasteiger partial charge is 0.304 e. The Labute approximate surface area is 240 Å². The van der Waals surface area contributed by atoms with E-state index in [0.717, 1.165) is 61.4 Å². The Morgan fingerprint density at radius 1 is 0.825 bits per heavy atom. The Morgan fingerprint density at radius 2 is 1.57 bits per heavy atom. The lowest BCUT2D eigenvalue weighted by Crippen LogP contribution is -2.58. The highest BCUT2D eigenvalue weighted by Gasteiger charge is 2.45. The lowest BCUT2D eigenvalue weighted by Gasteiger charge is -2.54. The maximum atomic E-state index is 11.2. The third kappa shape index (κ3) is 5.60. The number of likely N-dealkylation sites (tertiary alicyclic amines) is 1. The van der Waals surface area contributed by atoms with Gasteiger partial charge in [-0.1, -0.05) is 44.2 Å². The first-order valence-corrected chi connectivity index (χ1v) is 16.8. The number of aromatic nitrogens is 2. The summed E-state index contributed by atoms with van der Waals surface area (Å²) in [7, 11) is 0. The molecule has 7 rings (SSSR count). The Kier molecular flexibility index (Phi) is 7.92. The van der Waals surface area contributed by atoms with Gasteiger partial charge < -0.3 is 14.6 Å². The molecule has 2 saturated carbocycles. The molecule has 0 unspecified atom stereocenters. The largest absolute Gasteiger partial charge is 0.481 e. The lowest BCUT2D eigenvalue weighted by atomic mass is 9.73. The summed E-state index contributed by atoms with van der Waals surface area (Å²) in [6.45, 7) is 2.71. The van der Waals surface area contributed by atoms with Gasteiger partial charge >= 0.3 is 5.97 Å². The molecule has 2 aliphatic carbocycles. The summed E-state index contributed by atoms with van der Waals surface area (Å²) in [6, 6.07) is 11.7. The average molecular weight is 547 g/mol. The van der Waals surface area contributed by atoms with Crippen LogP contribution in [0, 0.1) is 17.8 Å². The van der Waals surface area contributed by atoms with E-state index in [-0.39, 0.29) is 6.42 Å². The third-order valence-corrected chi connectivity index (χ3v) is 11.5. The van der Waals surface area contributed by atoms with Gasteiger partial charge in [-0.25, -0.2) is 4.98 Å². The van der Waals surface area contributed by atoms with Gasteiger partial charge in [0, 0.05) is 43.7 Å². The Hall–Kier alpha value is -1.92. The zero-order valence-corrected chi connectivity index (χ0v) is 24.4. The zero-order valence-electron chi connectivity index (χ0n) is 24.4. The van der Waals surface area contributed by atoms with E-state index < -0.39 is 5.97 Å². The summed E-state index contributed by atoms with van der Waals surface area (Å²) >= 11 is 0. The highest BCUT2D eigenvalue weighted by Crippen LogP contribution is 2.47. The second kappa shape index (κ2) is 11.8. The van der Waals surface area contributed by atoms with Gasteiger partial charge in [-0.3, -0.25) is 9.69 Å². The molecule has 1 aromatic carbocycles. The van der Waals surface area contributed by atoms with E-state index in [0.29, 0.717) is 18.5 Å². The van der Waals surface area contributed by atoms with Crippen molar-refractivity contribution in [3.8, 4) is 0 Å². The van der Waals surface area contributed by atoms with Crippen molar-refractivity contribution in [2.24, 2.45) is 17.8 Å². The minimum absolute atomic E-state index is 0.245. The zero-order chi connectivity index (χ0) is 27.1. The van der Waals surface area contributed by atoms with Crippen LogP contribution in [0.25, 0.3) is 11.0 Å². The van der Waals surface area contributed by atoms with Gasteiger partial charge in [0.2, 0.25) is 0 Å². The fourth-order valence-corrected chi connectivity index (χ4v) is 9.99. The summed E-state index contributed by atoms with van der Waals surface area (Å²) in [4.78, 5) is 21.9. The first-order chi connectivity index (χ1) is 19.6. The van der Waals surface area contributed by atoms with Crippen molar-refractivity contribution in [3.05, 3.63) is 30.1 Å². The molecule has 5 fully saturated rings. The van der Waals surface area contributed by atoms with Gasteiger partial charge in [-0.05, 0) is 94.2 Å². The number of nitrogens with zero attached hydrogens (tertiary/aromatic N) is 4. The quantitative estimate of drug-likeness (QED) is 0.420. The first-order valence-electron chi connectivity index (χ1n) is 16.8. The molecule has 1 aromatic heterocycles. The highest BCUT2D eigenvalue weighted by atomic mass is 16.4. The van der Waals surface area contributed by atoms with Gasteiger partial charge in [0.05, 0.1) is 17.5 Å². The summed E-state index contributed by atoms with van der Waals surface area (Å²) in [5, 5.41) is 9.19. The molecule has 7 atom stereocenters. The topological polar surface area (TPSA) is 61.6 Å². The van der Waals surface area contributed by atoms with Crippen LogP contribution < -0.4 is 0 Å². The van der Waals surface area contributed by atoms with Crippen molar-refractivity contribution in [1.29, 1.82) is 0 Å². The van der Waals surface area contributed by atoms with E-state index in [4.69, 9.17) is 4.98 Å². The molecule has 1 N–H and O–H groups in total. The highest BCUT2D eigenvalue weighted by molar-refractivity contribution is 5.76. The van der Waals surface area contributed by atoms with Crippen molar-refractivity contribution in [2.45, 2.75) is 127 Å². The molecule has 0 radical (unpaired) electrons. The maximum absolute atomic E-state index is 11.2. The maximum Gasteiger partial charge on any atom is 0.304 e. The SMILES string of the molecule is O=C(O)CCN1CCC[C@@H](Cc2nc3ccccc3n2[C@@H]2C[C@H]3CCC[C@@H](C2)N3[C@H]2C[C@@H]3CCCC[C@@H](C3)C2)C1. The minimum Gasteiger partial charge on any atom is -0.481 e. The van der Waals surface area contributed by atoms with E-state index in [1.807, 2.05) is 0 Å². The molecule has 218 valence electrons. The number of carboxylic acid groups (broad SMARTS) is 1. The van der Waals surface area contributed by atoms with Crippen molar-refractivity contribution in [3.63, 3.8) is 0 Å². The number of carbonyl (C=O) groups is 1. The standard InChI is InChI=1S/C34H50N4O2/c39-34(40)14-16-36-15-6-9-26(23-36)20-33-35-31-12-3-4-13-32(31)38(33)30-21-27-10-5-11-28(22-30)37(27)29-18-24-7-1-2-8-25(17-24)19-29/h3-4,12-13,24-30H,1-2,5-11,14-23H2,(H,39,40)/t24-,25+,26-,27-,28+,29+,30-/m0/s1.